The number of nitrogens with two attached hydrogens (primary N) is 1. The molecular weight excluding hydrogens is 208 g/mol. The first-order chi connectivity index (χ1) is 8.27. The molecule has 0 amide bonds. The van der Waals surface area contributed by atoms with E-state index in [1.54, 1.807) is 0 Å². The smallest absolute Gasteiger partial charge is 0.0318 e. The molecule has 1 unspecified atom stereocenters. The van der Waals surface area contributed by atoms with E-state index in [0.717, 1.165) is 18.4 Å². The average Bonchev–Trinajstić information content (AvgIpc) is 2.38. The van der Waals surface area contributed by atoms with Gasteiger partial charge in [-0.15, -0.1) is 0 Å². The van der Waals surface area contributed by atoms with Crippen LogP contribution >= 0.6 is 0 Å². The van der Waals surface area contributed by atoms with Gasteiger partial charge in [0, 0.05) is 18.4 Å². The van der Waals surface area contributed by atoms with Crippen molar-refractivity contribution in [2.45, 2.75) is 25.8 Å². The Morgan fingerprint density at radius 3 is 2.65 bits per heavy atom. The van der Waals surface area contributed by atoms with Crippen LogP contribution in [0.3, 0.4) is 0 Å². The van der Waals surface area contributed by atoms with Gasteiger partial charge in [0.15, 0.2) is 0 Å². The van der Waals surface area contributed by atoms with Crippen LogP contribution in [0.25, 0.3) is 0 Å². The Kier molecular flexibility index (Phi) is 3.89. The first kappa shape index (κ1) is 11.8. The van der Waals surface area contributed by atoms with Crippen LogP contribution in [-0.2, 0) is 6.42 Å². The lowest BCUT2D eigenvalue weighted by molar-refractivity contribution is 0.645. The molecule has 1 aromatic heterocycles. The summed E-state index contributed by atoms with van der Waals surface area (Å²) < 4.78 is 0. The highest BCUT2D eigenvalue weighted by Gasteiger charge is 2.08. The third-order valence-corrected chi connectivity index (χ3v) is 3.07. The molecule has 1 atom stereocenters. The highest BCUT2D eigenvalue weighted by molar-refractivity contribution is 5.25. The van der Waals surface area contributed by atoms with Gasteiger partial charge in [0.2, 0.25) is 0 Å². The fourth-order valence-electron chi connectivity index (χ4n) is 1.99. The number of benzene rings is 1. The molecule has 1 aromatic carbocycles. The average molecular weight is 226 g/mol. The molecule has 0 bridgehead atoms. The quantitative estimate of drug-likeness (QED) is 0.870. The Balaban J connectivity index is 1.99. The molecule has 0 fully saturated rings. The van der Waals surface area contributed by atoms with Crippen LogP contribution < -0.4 is 5.73 Å². The van der Waals surface area contributed by atoms with Gasteiger partial charge in [-0.25, -0.2) is 0 Å². The maximum absolute atomic E-state index is 6.20. The summed E-state index contributed by atoms with van der Waals surface area (Å²) in [6, 6.07) is 12.5. The third kappa shape index (κ3) is 3.14. The summed E-state index contributed by atoms with van der Waals surface area (Å²) in [5, 5.41) is 0. The molecule has 0 aliphatic rings. The van der Waals surface area contributed by atoms with Crippen molar-refractivity contribution < 1.29 is 0 Å². The predicted octanol–water partition coefficient (Wildman–Crippen LogP) is 3.02. The van der Waals surface area contributed by atoms with Gasteiger partial charge in [-0.3, -0.25) is 4.98 Å². The second kappa shape index (κ2) is 5.60. The van der Waals surface area contributed by atoms with E-state index in [1.165, 1.54) is 11.1 Å². The molecular formula is C15H18N2. The van der Waals surface area contributed by atoms with Crippen molar-refractivity contribution in [3.8, 4) is 0 Å². The molecule has 2 rings (SSSR count). The molecule has 17 heavy (non-hydrogen) atoms. The maximum Gasteiger partial charge on any atom is 0.0318 e. The van der Waals surface area contributed by atoms with E-state index in [4.69, 9.17) is 5.73 Å². The summed E-state index contributed by atoms with van der Waals surface area (Å²) in [7, 11) is 0. The predicted molar refractivity (Wildman–Crippen MR) is 70.7 cm³/mol. The number of hydrogen-bond donors (Lipinski definition) is 1. The summed E-state index contributed by atoms with van der Waals surface area (Å²) in [5.74, 6) is 0. The van der Waals surface area contributed by atoms with E-state index in [0.29, 0.717) is 0 Å². The lowest BCUT2D eigenvalue weighted by Gasteiger charge is -2.13. The fourth-order valence-corrected chi connectivity index (χ4v) is 1.99. The van der Waals surface area contributed by atoms with Crippen LogP contribution in [0.2, 0.25) is 0 Å². The molecule has 0 aliphatic carbocycles. The second-order valence-corrected chi connectivity index (χ2v) is 4.36. The van der Waals surface area contributed by atoms with Gasteiger partial charge < -0.3 is 5.73 Å². The molecule has 0 spiro atoms. The van der Waals surface area contributed by atoms with Gasteiger partial charge in [-0.05, 0) is 42.5 Å². The largest absolute Gasteiger partial charge is 0.324 e. The Hall–Kier alpha value is -1.67. The molecule has 88 valence electrons. The molecule has 0 radical (unpaired) electrons. The molecule has 0 saturated heterocycles. The minimum Gasteiger partial charge on any atom is -0.324 e. The van der Waals surface area contributed by atoms with Crippen molar-refractivity contribution in [2.24, 2.45) is 5.73 Å². The third-order valence-electron chi connectivity index (χ3n) is 3.07. The van der Waals surface area contributed by atoms with Crippen LogP contribution in [0.15, 0.2) is 48.8 Å². The summed E-state index contributed by atoms with van der Waals surface area (Å²) in [4.78, 5) is 4.14. The summed E-state index contributed by atoms with van der Waals surface area (Å²) in [6.45, 7) is 2.08. The maximum atomic E-state index is 6.20. The SMILES string of the molecule is Cc1ccncc1C(N)CCc1ccccc1. The highest BCUT2D eigenvalue weighted by Crippen LogP contribution is 2.18. The topological polar surface area (TPSA) is 38.9 Å². The van der Waals surface area contributed by atoms with Crippen molar-refractivity contribution in [1.29, 1.82) is 0 Å². The van der Waals surface area contributed by atoms with E-state index in [9.17, 15) is 0 Å². The van der Waals surface area contributed by atoms with Crippen molar-refractivity contribution in [3.63, 3.8) is 0 Å². The van der Waals surface area contributed by atoms with Crippen molar-refractivity contribution in [3.05, 3.63) is 65.5 Å². The Bertz CT molecular complexity index is 465. The van der Waals surface area contributed by atoms with Crippen molar-refractivity contribution in [2.75, 3.05) is 0 Å². The lowest BCUT2D eigenvalue weighted by Crippen LogP contribution is -2.13. The summed E-state index contributed by atoms with van der Waals surface area (Å²) >= 11 is 0. The van der Waals surface area contributed by atoms with E-state index in [-0.39, 0.29) is 6.04 Å². The zero-order chi connectivity index (χ0) is 12.1. The Morgan fingerprint density at radius 1 is 1.18 bits per heavy atom. The first-order valence-corrected chi connectivity index (χ1v) is 5.97. The van der Waals surface area contributed by atoms with Crippen molar-refractivity contribution >= 4 is 0 Å². The van der Waals surface area contributed by atoms with E-state index in [1.807, 2.05) is 24.5 Å². The van der Waals surface area contributed by atoms with Gasteiger partial charge in [0.05, 0.1) is 0 Å². The standard InChI is InChI=1S/C15H18N2/c1-12-9-10-17-11-14(12)15(16)8-7-13-5-3-2-4-6-13/h2-6,9-11,15H,7-8,16H2,1H3. The number of aromatic nitrogens is 1. The number of nitrogens with zero attached hydrogens (tertiary/aromatic N) is 1. The second-order valence-electron chi connectivity index (χ2n) is 4.36. The van der Waals surface area contributed by atoms with E-state index < -0.39 is 0 Å². The molecule has 2 nitrogen and oxygen atoms in total. The van der Waals surface area contributed by atoms with Gasteiger partial charge in [0.25, 0.3) is 0 Å². The monoisotopic (exact) mass is 226 g/mol. The van der Waals surface area contributed by atoms with Gasteiger partial charge in [-0.2, -0.15) is 0 Å². The van der Waals surface area contributed by atoms with Gasteiger partial charge in [0.1, 0.15) is 0 Å². The van der Waals surface area contributed by atoms with E-state index >= 15 is 0 Å². The zero-order valence-corrected chi connectivity index (χ0v) is 10.1. The molecule has 2 aromatic rings. The number of aryl methyl sites for hydroxylation is 2. The van der Waals surface area contributed by atoms with Gasteiger partial charge in [-0.1, -0.05) is 30.3 Å². The van der Waals surface area contributed by atoms with Crippen LogP contribution in [-0.4, -0.2) is 4.98 Å². The summed E-state index contributed by atoms with van der Waals surface area (Å²) in [5.41, 5.74) is 9.92. The minimum absolute atomic E-state index is 0.0731. The highest BCUT2D eigenvalue weighted by atomic mass is 14.7. The van der Waals surface area contributed by atoms with Crippen LogP contribution in [0.5, 0.6) is 0 Å². The molecule has 0 saturated carbocycles. The number of rotatable bonds is 4. The lowest BCUT2D eigenvalue weighted by atomic mass is 9.98. The van der Waals surface area contributed by atoms with E-state index in [2.05, 4.69) is 36.2 Å². The number of pyridine rings is 1. The minimum atomic E-state index is 0.0731. The van der Waals surface area contributed by atoms with Crippen LogP contribution in [0.1, 0.15) is 29.2 Å². The molecule has 0 aliphatic heterocycles. The van der Waals surface area contributed by atoms with Crippen LogP contribution in [0, 0.1) is 6.92 Å². The first-order valence-electron chi connectivity index (χ1n) is 5.97. The fraction of sp³-hybridized carbons (Fsp3) is 0.267. The normalized spacial score (nSPS) is 12.4. The summed E-state index contributed by atoms with van der Waals surface area (Å²) in [6.07, 6.45) is 5.65. The zero-order valence-electron chi connectivity index (χ0n) is 10.1. The van der Waals surface area contributed by atoms with Gasteiger partial charge >= 0.3 is 0 Å². The van der Waals surface area contributed by atoms with Crippen molar-refractivity contribution in [1.82, 2.24) is 4.98 Å². The molecule has 2 heteroatoms. The van der Waals surface area contributed by atoms with Crippen LogP contribution in [0.4, 0.5) is 0 Å². The molecule has 1 heterocycles. The number of hydrogen-bond acceptors (Lipinski definition) is 2. The Morgan fingerprint density at radius 2 is 1.94 bits per heavy atom. The molecule has 2 N–H and O–H groups in total. The Labute approximate surface area is 103 Å².